The van der Waals surface area contributed by atoms with Gasteiger partial charge in [-0.05, 0) is 36.1 Å². The van der Waals surface area contributed by atoms with Gasteiger partial charge in [-0.25, -0.2) is 0 Å². The van der Waals surface area contributed by atoms with Gasteiger partial charge in [-0.2, -0.15) is 5.10 Å². The number of aromatic nitrogens is 6. The van der Waals surface area contributed by atoms with Crippen LogP contribution in [0.1, 0.15) is 13.3 Å². The number of thiophene rings is 1. The van der Waals surface area contributed by atoms with Gasteiger partial charge in [-0.15, -0.1) is 11.3 Å². The quantitative estimate of drug-likeness (QED) is 0.258. The number of hydrogen-bond acceptors (Lipinski definition) is 6. The van der Waals surface area contributed by atoms with Crippen molar-refractivity contribution >= 4 is 38.8 Å². The Hall–Kier alpha value is -4.30. The minimum absolute atomic E-state index is 0.825. The summed E-state index contributed by atoms with van der Waals surface area (Å²) in [4.78, 5) is 18.1. The third-order valence-corrected chi connectivity index (χ3v) is 6.72. The average molecular weight is 464 g/mol. The lowest BCUT2D eigenvalue weighted by molar-refractivity contribution is 1.11. The van der Waals surface area contributed by atoms with Crippen LogP contribution in [-0.4, -0.2) is 30.1 Å². The Labute approximate surface area is 199 Å². The highest BCUT2D eigenvalue weighted by molar-refractivity contribution is 7.13. The minimum Gasteiger partial charge on any atom is -0.358 e. The molecule has 0 radical (unpaired) electrons. The van der Waals surface area contributed by atoms with E-state index in [1.165, 1.54) is 4.88 Å². The number of H-pyrrole nitrogens is 2. The van der Waals surface area contributed by atoms with Crippen LogP contribution in [0.4, 0.5) is 5.69 Å². The molecule has 0 amide bonds. The fraction of sp³-hybridized carbons (Fsp3) is 0.0769. The standard InChI is InChI=1S/C26H21N7S/c1-3-15(2)30-17-7-16(10-27-11-17)21-9-19-24(14-29-21)32-33-26(19)22-8-18-20(25-5-4-6-34-25)12-28-13-23(18)31-22/h4-14,30-31H,2-3H2,1H3,(H,32,33). The summed E-state index contributed by atoms with van der Waals surface area (Å²) in [7, 11) is 0. The largest absolute Gasteiger partial charge is 0.358 e. The van der Waals surface area contributed by atoms with E-state index in [-0.39, 0.29) is 0 Å². The molecule has 0 atom stereocenters. The number of aromatic amines is 2. The first-order valence-corrected chi connectivity index (χ1v) is 11.8. The maximum Gasteiger partial charge on any atom is 0.116 e. The third-order valence-electron chi connectivity index (χ3n) is 5.82. The zero-order chi connectivity index (χ0) is 23.1. The van der Waals surface area contributed by atoms with Gasteiger partial charge in [-0.3, -0.25) is 20.1 Å². The minimum atomic E-state index is 0.825. The number of pyridine rings is 3. The van der Waals surface area contributed by atoms with Crippen molar-refractivity contribution in [2.75, 3.05) is 5.32 Å². The summed E-state index contributed by atoms with van der Waals surface area (Å²) in [5, 5.41) is 15.2. The number of rotatable bonds is 6. The molecule has 6 aromatic heterocycles. The first-order chi connectivity index (χ1) is 16.7. The van der Waals surface area contributed by atoms with Crippen LogP contribution in [0.5, 0.6) is 0 Å². The third kappa shape index (κ3) is 3.54. The van der Waals surface area contributed by atoms with E-state index in [1.807, 2.05) is 36.9 Å². The molecule has 6 aromatic rings. The summed E-state index contributed by atoms with van der Waals surface area (Å²) in [6, 6.07) is 10.4. The Morgan fingerprint density at radius 3 is 2.79 bits per heavy atom. The molecular formula is C26H21N7S. The number of nitrogens with one attached hydrogen (secondary N) is 3. The van der Waals surface area contributed by atoms with Crippen molar-refractivity contribution in [2.45, 2.75) is 13.3 Å². The van der Waals surface area contributed by atoms with Crippen LogP contribution < -0.4 is 5.32 Å². The SMILES string of the molecule is C=C(CC)Nc1cncc(-c2cc3c(-c4cc5c(-c6cccs6)cncc5[nH]4)n[nH]c3cn2)c1. The van der Waals surface area contributed by atoms with Crippen LogP contribution in [0.25, 0.3) is 54.9 Å². The van der Waals surface area contributed by atoms with E-state index in [1.54, 1.807) is 17.5 Å². The highest BCUT2D eigenvalue weighted by Crippen LogP contribution is 2.35. The molecule has 0 saturated carbocycles. The molecule has 0 fully saturated rings. The van der Waals surface area contributed by atoms with E-state index in [4.69, 9.17) is 0 Å². The molecule has 0 aliphatic heterocycles. The van der Waals surface area contributed by atoms with Crippen LogP contribution in [0, 0.1) is 0 Å². The topological polar surface area (TPSA) is 95.2 Å². The fourth-order valence-electron chi connectivity index (χ4n) is 4.03. The lowest BCUT2D eigenvalue weighted by Crippen LogP contribution is -1.97. The zero-order valence-corrected chi connectivity index (χ0v) is 19.3. The van der Waals surface area contributed by atoms with Crippen LogP contribution in [-0.2, 0) is 0 Å². The van der Waals surface area contributed by atoms with Crippen molar-refractivity contribution in [3.63, 3.8) is 0 Å². The van der Waals surface area contributed by atoms with Gasteiger partial charge < -0.3 is 10.3 Å². The predicted octanol–water partition coefficient (Wildman–Crippen LogP) is 6.63. The molecule has 0 unspecified atom stereocenters. The van der Waals surface area contributed by atoms with Gasteiger partial charge in [0.1, 0.15) is 5.69 Å². The molecule has 6 rings (SSSR count). The van der Waals surface area contributed by atoms with Gasteiger partial charge in [0.05, 0.1) is 46.7 Å². The molecule has 0 spiro atoms. The molecule has 3 N–H and O–H groups in total. The number of allylic oxidation sites excluding steroid dienone is 1. The van der Waals surface area contributed by atoms with Gasteiger partial charge in [0.25, 0.3) is 0 Å². The smallest absolute Gasteiger partial charge is 0.116 e. The Kier molecular flexibility index (Phi) is 4.92. The Morgan fingerprint density at radius 2 is 1.94 bits per heavy atom. The van der Waals surface area contributed by atoms with Crippen molar-refractivity contribution in [3.8, 4) is 33.1 Å². The molecular weight excluding hydrogens is 442 g/mol. The molecule has 8 heteroatoms. The van der Waals surface area contributed by atoms with Gasteiger partial charge in [0.15, 0.2) is 0 Å². The molecule has 166 valence electrons. The lowest BCUT2D eigenvalue weighted by atomic mass is 10.1. The molecule has 6 heterocycles. The van der Waals surface area contributed by atoms with E-state index in [0.29, 0.717) is 0 Å². The molecule has 0 saturated heterocycles. The number of fused-ring (bicyclic) bond motifs is 2. The molecule has 0 aliphatic rings. The van der Waals surface area contributed by atoms with Gasteiger partial charge in [0, 0.05) is 44.9 Å². The molecule has 0 aliphatic carbocycles. The van der Waals surface area contributed by atoms with Crippen LogP contribution in [0.2, 0.25) is 0 Å². The van der Waals surface area contributed by atoms with Crippen molar-refractivity contribution in [1.29, 1.82) is 0 Å². The first-order valence-electron chi connectivity index (χ1n) is 10.9. The van der Waals surface area contributed by atoms with Crippen LogP contribution in [0.3, 0.4) is 0 Å². The Balaban J connectivity index is 1.43. The molecule has 34 heavy (non-hydrogen) atoms. The highest BCUT2D eigenvalue weighted by Gasteiger charge is 2.15. The summed E-state index contributed by atoms with van der Waals surface area (Å²) in [6.45, 7) is 6.08. The number of hydrogen-bond donors (Lipinski definition) is 3. The van der Waals surface area contributed by atoms with Crippen LogP contribution >= 0.6 is 11.3 Å². The summed E-state index contributed by atoms with van der Waals surface area (Å²) in [6.07, 6.45) is 10.0. The summed E-state index contributed by atoms with van der Waals surface area (Å²) < 4.78 is 0. The van der Waals surface area contributed by atoms with E-state index >= 15 is 0 Å². The average Bonchev–Trinajstić information content (AvgIpc) is 3.62. The predicted molar refractivity (Wildman–Crippen MR) is 139 cm³/mol. The second-order valence-corrected chi connectivity index (χ2v) is 8.99. The first kappa shape index (κ1) is 20.3. The van der Waals surface area contributed by atoms with E-state index in [0.717, 1.165) is 67.8 Å². The second kappa shape index (κ2) is 8.24. The van der Waals surface area contributed by atoms with Crippen molar-refractivity contribution in [2.24, 2.45) is 0 Å². The molecule has 0 bridgehead atoms. The monoisotopic (exact) mass is 463 g/mol. The van der Waals surface area contributed by atoms with Gasteiger partial charge in [-0.1, -0.05) is 19.6 Å². The normalized spacial score (nSPS) is 11.3. The van der Waals surface area contributed by atoms with E-state index in [9.17, 15) is 0 Å². The van der Waals surface area contributed by atoms with Gasteiger partial charge in [0.2, 0.25) is 0 Å². The number of anilines is 1. The summed E-state index contributed by atoms with van der Waals surface area (Å²) >= 11 is 1.71. The van der Waals surface area contributed by atoms with Crippen molar-refractivity contribution in [1.82, 2.24) is 30.1 Å². The lowest BCUT2D eigenvalue weighted by Gasteiger charge is -2.08. The van der Waals surface area contributed by atoms with Crippen LogP contribution in [0.15, 0.2) is 79.0 Å². The maximum absolute atomic E-state index is 4.63. The van der Waals surface area contributed by atoms with Crippen molar-refractivity contribution in [3.05, 3.63) is 79.0 Å². The van der Waals surface area contributed by atoms with Gasteiger partial charge >= 0.3 is 0 Å². The number of nitrogens with zero attached hydrogens (tertiary/aromatic N) is 4. The highest BCUT2D eigenvalue weighted by atomic mass is 32.1. The maximum atomic E-state index is 4.63. The van der Waals surface area contributed by atoms with Crippen molar-refractivity contribution < 1.29 is 0 Å². The summed E-state index contributed by atoms with van der Waals surface area (Å²) in [5.41, 5.74) is 8.31. The fourth-order valence-corrected chi connectivity index (χ4v) is 4.78. The van der Waals surface area contributed by atoms with E-state index in [2.05, 4.69) is 72.5 Å². The van der Waals surface area contributed by atoms with E-state index < -0.39 is 0 Å². The molecule has 0 aromatic carbocycles. The summed E-state index contributed by atoms with van der Waals surface area (Å²) in [5.74, 6) is 0. The second-order valence-electron chi connectivity index (χ2n) is 8.04. The Bertz CT molecular complexity index is 1640. The molecule has 7 nitrogen and oxygen atoms in total. The zero-order valence-electron chi connectivity index (χ0n) is 18.5. The Morgan fingerprint density at radius 1 is 1.03 bits per heavy atom.